The number of amides is 2. The van der Waals surface area contributed by atoms with E-state index >= 15 is 0 Å². The average molecular weight is 609 g/mol. The van der Waals surface area contributed by atoms with Gasteiger partial charge >= 0.3 is 5.97 Å². The summed E-state index contributed by atoms with van der Waals surface area (Å²) in [6.45, 7) is 9.70. The second kappa shape index (κ2) is 12.3. The highest BCUT2D eigenvalue weighted by molar-refractivity contribution is 8.02. The van der Waals surface area contributed by atoms with Crippen molar-refractivity contribution in [2.75, 3.05) is 24.7 Å². The van der Waals surface area contributed by atoms with Gasteiger partial charge < -0.3 is 19.6 Å². The third-order valence-electron chi connectivity index (χ3n) is 8.91. The van der Waals surface area contributed by atoms with Crippen molar-refractivity contribution in [3.8, 4) is 0 Å². The number of anilines is 1. The molecule has 5 rings (SSSR count). The summed E-state index contributed by atoms with van der Waals surface area (Å²) in [7, 11) is 0. The molecule has 222 valence electrons. The maximum absolute atomic E-state index is 14.8. The van der Waals surface area contributed by atoms with E-state index in [1.807, 2.05) is 37.3 Å². The standard InChI is InChI=1S/C33H37ClN2O5S/c1-4-6-10-20-41-31(40)27-26-29(38)36(25(21-37)22-11-8-7-9-12-22)28(33(26)18-17-32(27,3)42-33)30(39)35(19-5-2)24-15-13-23(34)14-16-24/h4-5,7-9,11-16,25-28,37H,1-2,6,10,17-21H2,3H3/t25-,26+,27+,28?,32-,33?/m1/s1. The van der Waals surface area contributed by atoms with Gasteiger partial charge in [0.15, 0.2) is 0 Å². The molecule has 2 unspecified atom stereocenters. The molecule has 0 aromatic heterocycles. The molecule has 3 heterocycles. The van der Waals surface area contributed by atoms with E-state index in [2.05, 4.69) is 13.2 Å². The molecular weight excluding hydrogens is 572 g/mol. The lowest BCUT2D eigenvalue weighted by molar-refractivity contribution is -0.156. The number of thioether (sulfide) groups is 1. The van der Waals surface area contributed by atoms with Crippen LogP contribution < -0.4 is 4.90 Å². The molecule has 3 fully saturated rings. The van der Waals surface area contributed by atoms with Gasteiger partial charge in [-0.2, -0.15) is 0 Å². The molecule has 2 bridgehead atoms. The van der Waals surface area contributed by atoms with Crippen molar-refractivity contribution in [1.29, 1.82) is 0 Å². The summed E-state index contributed by atoms with van der Waals surface area (Å²) in [6.07, 6.45) is 6.06. The molecule has 0 saturated carbocycles. The molecule has 9 heteroatoms. The zero-order valence-corrected chi connectivity index (χ0v) is 25.4. The molecule has 3 saturated heterocycles. The number of benzene rings is 2. The minimum atomic E-state index is -0.923. The Labute approximate surface area is 256 Å². The minimum Gasteiger partial charge on any atom is -0.465 e. The van der Waals surface area contributed by atoms with Crippen LogP contribution in [0.15, 0.2) is 79.9 Å². The zero-order chi connectivity index (χ0) is 30.1. The fraction of sp³-hybridized carbons (Fsp3) is 0.424. The Balaban J connectivity index is 1.61. The number of fused-ring (bicyclic) bond motifs is 1. The number of carbonyl (C=O) groups is 3. The molecule has 7 nitrogen and oxygen atoms in total. The lowest BCUT2D eigenvalue weighted by atomic mass is 9.66. The first kappa shape index (κ1) is 30.4. The lowest BCUT2D eigenvalue weighted by Crippen LogP contribution is -2.56. The van der Waals surface area contributed by atoms with Crippen LogP contribution in [0, 0.1) is 11.8 Å². The van der Waals surface area contributed by atoms with Gasteiger partial charge in [-0.05, 0) is 62.4 Å². The van der Waals surface area contributed by atoms with E-state index in [0.29, 0.717) is 30.0 Å². The highest BCUT2D eigenvalue weighted by atomic mass is 35.5. The van der Waals surface area contributed by atoms with Crippen LogP contribution in [0.1, 0.15) is 44.2 Å². The van der Waals surface area contributed by atoms with Crippen molar-refractivity contribution in [3.63, 3.8) is 0 Å². The molecule has 2 aromatic carbocycles. The van der Waals surface area contributed by atoms with Crippen molar-refractivity contribution in [1.82, 2.24) is 4.90 Å². The molecule has 2 amide bonds. The first-order chi connectivity index (χ1) is 20.2. The highest BCUT2D eigenvalue weighted by Gasteiger charge is 2.78. The van der Waals surface area contributed by atoms with Crippen LogP contribution in [0.5, 0.6) is 0 Å². The van der Waals surface area contributed by atoms with E-state index in [-0.39, 0.29) is 31.6 Å². The van der Waals surface area contributed by atoms with Crippen LogP contribution >= 0.6 is 23.4 Å². The Morgan fingerprint density at radius 1 is 1.17 bits per heavy atom. The number of hydrogen-bond donors (Lipinski definition) is 1. The zero-order valence-electron chi connectivity index (χ0n) is 23.8. The topological polar surface area (TPSA) is 87.1 Å². The highest BCUT2D eigenvalue weighted by Crippen LogP contribution is 2.72. The number of esters is 1. The second-order valence-corrected chi connectivity index (χ2v) is 13.7. The number of unbranched alkanes of at least 4 members (excludes halogenated alkanes) is 1. The van der Waals surface area contributed by atoms with Crippen LogP contribution in [0.25, 0.3) is 0 Å². The Morgan fingerprint density at radius 2 is 1.88 bits per heavy atom. The summed E-state index contributed by atoms with van der Waals surface area (Å²) in [5.41, 5.74) is 1.34. The molecule has 1 N–H and O–H groups in total. The van der Waals surface area contributed by atoms with E-state index in [1.165, 1.54) is 0 Å². The molecule has 6 atom stereocenters. The number of halogens is 1. The van der Waals surface area contributed by atoms with Crippen LogP contribution in [-0.4, -0.2) is 63.1 Å². The minimum absolute atomic E-state index is 0.214. The fourth-order valence-electron chi connectivity index (χ4n) is 7.08. The van der Waals surface area contributed by atoms with E-state index in [9.17, 15) is 19.5 Å². The molecule has 3 aliphatic rings. The molecule has 0 aliphatic carbocycles. The Hall–Kier alpha value is -3.07. The normalized spacial score (nSPS) is 28.3. The Morgan fingerprint density at radius 3 is 2.52 bits per heavy atom. The van der Waals surface area contributed by atoms with E-state index < -0.39 is 39.4 Å². The number of allylic oxidation sites excluding steroid dienone is 1. The molecule has 42 heavy (non-hydrogen) atoms. The number of rotatable bonds is 12. The summed E-state index contributed by atoms with van der Waals surface area (Å²) in [6, 6.07) is 14.5. The summed E-state index contributed by atoms with van der Waals surface area (Å²) < 4.78 is 4.32. The SMILES string of the molecule is C=CCCCOC(=O)[C@@H]1[C@H]2C(=O)N([C@H](CO)c3ccccc3)C(C(=O)N(CC=C)c3ccc(Cl)cc3)C23CC[C@@]1(C)S3. The third-order valence-corrected chi connectivity index (χ3v) is 11.1. The number of hydrogen-bond acceptors (Lipinski definition) is 6. The molecule has 1 spiro atoms. The van der Waals surface area contributed by atoms with Crippen LogP contribution in [0.3, 0.4) is 0 Å². The molecule has 2 aromatic rings. The summed E-state index contributed by atoms with van der Waals surface area (Å²) in [5, 5.41) is 11.3. The van der Waals surface area contributed by atoms with E-state index in [0.717, 1.165) is 12.0 Å². The van der Waals surface area contributed by atoms with Gasteiger partial charge in [0.05, 0.1) is 35.8 Å². The number of aliphatic hydroxyl groups excluding tert-OH is 1. The molecule has 0 radical (unpaired) electrons. The van der Waals surface area contributed by atoms with Crippen molar-refractivity contribution in [3.05, 3.63) is 90.5 Å². The quantitative estimate of drug-likeness (QED) is 0.192. The van der Waals surface area contributed by atoms with Crippen LogP contribution in [0.4, 0.5) is 5.69 Å². The number of carbonyl (C=O) groups excluding carboxylic acids is 3. The Kier molecular flexibility index (Phi) is 8.88. The van der Waals surface area contributed by atoms with Gasteiger partial charge in [0.25, 0.3) is 5.91 Å². The average Bonchev–Trinajstić information content (AvgIpc) is 3.56. The van der Waals surface area contributed by atoms with E-state index in [1.54, 1.807) is 58.0 Å². The van der Waals surface area contributed by atoms with E-state index in [4.69, 9.17) is 16.3 Å². The monoisotopic (exact) mass is 608 g/mol. The van der Waals surface area contributed by atoms with Gasteiger partial charge in [-0.3, -0.25) is 14.4 Å². The van der Waals surface area contributed by atoms with Gasteiger partial charge in [-0.15, -0.1) is 24.9 Å². The number of ether oxygens (including phenoxy) is 1. The third kappa shape index (κ3) is 5.07. The maximum atomic E-state index is 14.8. The molecular formula is C33H37ClN2O5S. The summed E-state index contributed by atoms with van der Waals surface area (Å²) in [4.78, 5) is 46.3. The Bertz CT molecular complexity index is 1350. The van der Waals surface area contributed by atoms with Gasteiger partial charge in [-0.25, -0.2) is 0 Å². The van der Waals surface area contributed by atoms with Crippen LogP contribution in [0.2, 0.25) is 5.02 Å². The van der Waals surface area contributed by atoms with Crippen molar-refractivity contribution >= 4 is 46.8 Å². The van der Waals surface area contributed by atoms with Gasteiger partial charge in [0.1, 0.15) is 6.04 Å². The lowest BCUT2D eigenvalue weighted by Gasteiger charge is -2.39. The number of likely N-dealkylation sites (tertiary alicyclic amines) is 1. The van der Waals surface area contributed by atoms with Gasteiger partial charge in [0.2, 0.25) is 5.91 Å². The van der Waals surface area contributed by atoms with Crippen molar-refractivity contribution in [2.24, 2.45) is 11.8 Å². The summed E-state index contributed by atoms with van der Waals surface area (Å²) >= 11 is 7.73. The predicted molar refractivity (Wildman–Crippen MR) is 166 cm³/mol. The van der Waals surface area contributed by atoms with Crippen molar-refractivity contribution in [2.45, 2.75) is 54.2 Å². The van der Waals surface area contributed by atoms with Gasteiger partial charge in [-0.1, -0.05) is 54.1 Å². The largest absolute Gasteiger partial charge is 0.465 e. The summed E-state index contributed by atoms with van der Waals surface area (Å²) in [5.74, 6) is -2.43. The van der Waals surface area contributed by atoms with Gasteiger partial charge in [0, 0.05) is 22.0 Å². The first-order valence-corrected chi connectivity index (χ1v) is 15.6. The smallest absolute Gasteiger partial charge is 0.311 e. The van der Waals surface area contributed by atoms with Crippen LogP contribution in [-0.2, 0) is 19.1 Å². The first-order valence-electron chi connectivity index (χ1n) is 14.4. The molecule has 3 aliphatic heterocycles. The second-order valence-electron chi connectivity index (χ2n) is 11.4. The predicted octanol–water partition coefficient (Wildman–Crippen LogP) is 5.58. The van der Waals surface area contributed by atoms with Crippen molar-refractivity contribution < 1.29 is 24.2 Å². The number of nitrogens with zero attached hydrogens (tertiary/aromatic N) is 2. The maximum Gasteiger partial charge on any atom is 0.311 e. The fourth-order valence-corrected chi connectivity index (χ4v) is 9.53. The number of aliphatic hydroxyl groups is 1.